The second-order valence-corrected chi connectivity index (χ2v) is 9.67. The van der Waals surface area contributed by atoms with Crippen molar-refractivity contribution >= 4 is 12.4 Å². The third kappa shape index (κ3) is 7.87. The summed E-state index contributed by atoms with van der Waals surface area (Å²) in [6.45, 7) is 11.1. The first-order valence-corrected chi connectivity index (χ1v) is 12.1. The van der Waals surface area contributed by atoms with Crippen LogP contribution in [-0.4, -0.2) is 31.1 Å². The number of amides is 1. The van der Waals surface area contributed by atoms with Gasteiger partial charge in [0.15, 0.2) is 0 Å². The summed E-state index contributed by atoms with van der Waals surface area (Å²) in [7, 11) is 0. The molecule has 36 heavy (non-hydrogen) atoms. The van der Waals surface area contributed by atoms with Crippen LogP contribution < -0.4 is 14.8 Å². The van der Waals surface area contributed by atoms with E-state index in [1.165, 1.54) is 0 Å². The van der Waals surface area contributed by atoms with Gasteiger partial charge in [-0.15, -0.1) is 0 Å². The molecule has 0 fully saturated rings. The van der Waals surface area contributed by atoms with Crippen LogP contribution >= 0.6 is 0 Å². The molecule has 0 atom stereocenters. The van der Waals surface area contributed by atoms with E-state index in [9.17, 15) is 9.59 Å². The molecule has 1 amide bonds. The van der Waals surface area contributed by atoms with Gasteiger partial charge in [0.25, 0.3) is 0 Å². The van der Waals surface area contributed by atoms with Crippen LogP contribution in [0.3, 0.4) is 0 Å². The maximum atomic E-state index is 11.7. The smallest absolute Gasteiger partial charge is 0.407 e. The summed E-state index contributed by atoms with van der Waals surface area (Å²) in [6, 6.07) is 19.4. The zero-order chi connectivity index (χ0) is 26.1. The molecule has 0 bridgehead atoms. The Bertz CT molecular complexity index is 1180. The Morgan fingerprint density at radius 3 is 2.31 bits per heavy atom. The maximum absolute atomic E-state index is 11.7. The van der Waals surface area contributed by atoms with Crippen LogP contribution in [0.5, 0.6) is 11.5 Å². The van der Waals surface area contributed by atoms with Crippen molar-refractivity contribution in [2.75, 3.05) is 13.2 Å². The third-order valence-electron chi connectivity index (χ3n) is 5.60. The summed E-state index contributed by atoms with van der Waals surface area (Å²) in [5.41, 5.74) is 5.79. The number of alkyl carbamates (subject to hydrolysis) is 1. The highest BCUT2D eigenvalue weighted by Crippen LogP contribution is 2.31. The predicted octanol–water partition coefficient (Wildman–Crippen LogP) is 6.66. The molecule has 0 aliphatic heterocycles. The molecular formula is C30H35NO5. The van der Waals surface area contributed by atoms with E-state index in [0.29, 0.717) is 31.7 Å². The van der Waals surface area contributed by atoms with Crippen molar-refractivity contribution in [2.24, 2.45) is 0 Å². The molecule has 0 unspecified atom stereocenters. The minimum atomic E-state index is -0.505. The van der Waals surface area contributed by atoms with Crippen LogP contribution in [0.25, 0.3) is 11.1 Å². The molecule has 0 spiro atoms. The molecule has 0 aromatic heterocycles. The lowest BCUT2D eigenvalue weighted by Gasteiger charge is -2.19. The number of aryl methyl sites for hydroxylation is 1. The van der Waals surface area contributed by atoms with E-state index in [1.54, 1.807) is 24.3 Å². The van der Waals surface area contributed by atoms with E-state index in [2.05, 4.69) is 37.4 Å². The monoisotopic (exact) mass is 489 g/mol. The van der Waals surface area contributed by atoms with Crippen molar-refractivity contribution in [3.63, 3.8) is 0 Å². The van der Waals surface area contributed by atoms with Crippen molar-refractivity contribution in [2.45, 2.75) is 53.2 Å². The molecule has 6 heteroatoms. The van der Waals surface area contributed by atoms with Crippen LogP contribution in [0.2, 0.25) is 0 Å². The molecule has 0 aliphatic carbocycles. The lowest BCUT2D eigenvalue weighted by atomic mass is 9.94. The van der Waals surface area contributed by atoms with Crippen LogP contribution in [0.4, 0.5) is 4.79 Å². The lowest BCUT2D eigenvalue weighted by Crippen LogP contribution is -2.33. The molecule has 0 saturated carbocycles. The highest BCUT2D eigenvalue weighted by Gasteiger charge is 2.15. The van der Waals surface area contributed by atoms with Crippen molar-refractivity contribution in [1.29, 1.82) is 0 Å². The van der Waals surface area contributed by atoms with Crippen LogP contribution in [0.15, 0.2) is 60.7 Å². The Kier molecular flexibility index (Phi) is 9.12. The first-order chi connectivity index (χ1) is 17.2. The minimum absolute atomic E-state index is 0.415. The van der Waals surface area contributed by atoms with E-state index in [0.717, 1.165) is 45.6 Å². The molecule has 0 heterocycles. The number of aldehydes is 1. The Morgan fingerprint density at radius 2 is 1.64 bits per heavy atom. The van der Waals surface area contributed by atoms with Crippen molar-refractivity contribution in [3.05, 3.63) is 82.9 Å². The third-order valence-corrected chi connectivity index (χ3v) is 5.60. The predicted molar refractivity (Wildman–Crippen MR) is 142 cm³/mol. The van der Waals surface area contributed by atoms with Gasteiger partial charge in [0.1, 0.15) is 30.0 Å². The summed E-state index contributed by atoms with van der Waals surface area (Å²) in [6.07, 6.45) is 1.08. The molecule has 0 radical (unpaired) electrons. The van der Waals surface area contributed by atoms with Crippen LogP contribution in [-0.2, 0) is 11.3 Å². The maximum Gasteiger partial charge on any atom is 0.407 e. The number of ether oxygens (including phenoxy) is 3. The standard InChI is InChI=1S/C30H35NO5/c1-21-18-26(34-17-7-16-31-29(33)36-30(3,4)5)14-15-27(21)28-9-6-8-24(22(28)2)20-35-25-12-10-23(19-32)11-13-25/h6,8-15,18-19H,7,16-17,20H2,1-5H3,(H,31,33). The van der Waals surface area contributed by atoms with Gasteiger partial charge >= 0.3 is 6.09 Å². The first kappa shape index (κ1) is 26.8. The van der Waals surface area contributed by atoms with Gasteiger partial charge in [0.2, 0.25) is 0 Å². The van der Waals surface area contributed by atoms with Crippen molar-refractivity contribution in [3.8, 4) is 22.6 Å². The van der Waals surface area contributed by atoms with Gasteiger partial charge in [-0.25, -0.2) is 4.79 Å². The fourth-order valence-corrected chi connectivity index (χ4v) is 3.73. The first-order valence-electron chi connectivity index (χ1n) is 12.1. The quantitative estimate of drug-likeness (QED) is 0.255. The van der Waals surface area contributed by atoms with Gasteiger partial charge in [0, 0.05) is 12.1 Å². The normalized spacial score (nSPS) is 11.0. The Morgan fingerprint density at radius 1 is 0.917 bits per heavy atom. The molecule has 3 aromatic rings. The summed E-state index contributed by atoms with van der Waals surface area (Å²) in [5.74, 6) is 1.52. The number of carbonyl (C=O) groups excluding carboxylic acids is 2. The number of benzene rings is 3. The largest absolute Gasteiger partial charge is 0.494 e. The summed E-state index contributed by atoms with van der Waals surface area (Å²) in [4.78, 5) is 22.5. The average Bonchev–Trinajstić information content (AvgIpc) is 2.83. The van der Waals surface area contributed by atoms with Gasteiger partial charge in [0.05, 0.1) is 6.61 Å². The van der Waals surface area contributed by atoms with Gasteiger partial charge in [-0.1, -0.05) is 24.3 Å². The molecule has 6 nitrogen and oxygen atoms in total. The van der Waals surface area contributed by atoms with Crippen molar-refractivity contribution < 1.29 is 23.8 Å². The zero-order valence-corrected chi connectivity index (χ0v) is 21.7. The van der Waals surface area contributed by atoms with E-state index in [1.807, 2.05) is 39.0 Å². The molecule has 3 aromatic carbocycles. The second-order valence-electron chi connectivity index (χ2n) is 9.67. The average molecular weight is 490 g/mol. The number of hydrogen-bond acceptors (Lipinski definition) is 5. The summed E-state index contributed by atoms with van der Waals surface area (Å²) in [5, 5.41) is 2.74. The Hall–Kier alpha value is -3.80. The lowest BCUT2D eigenvalue weighted by molar-refractivity contribution is 0.0525. The molecule has 0 aliphatic rings. The second kappa shape index (κ2) is 12.2. The van der Waals surface area contributed by atoms with Crippen LogP contribution in [0.1, 0.15) is 54.2 Å². The van der Waals surface area contributed by atoms with E-state index in [-0.39, 0.29) is 0 Å². The highest BCUT2D eigenvalue weighted by atomic mass is 16.6. The molecule has 1 N–H and O–H groups in total. The number of carbonyl (C=O) groups is 2. The van der Waals surface area contributed by atoms with Gasteiger partial charge in [-0.05, 0) is 105 Å². The highest BCUT2D eigenvalue weighted by molar-refractivity contribution is 5.75. The van der Waals surface area contributed by atoms with E-state index in [4.69, 9.17) is 14.2 Å². The molecular weight excluding hydrogens is 454 g/mol. The topological polar surface area (TPSA) is 73.9 Å². The number of nitrogens with one attached hydrogen (secondary N) is 1. The SMILES string of the molecule is Cc1cc(OCCCNC(=O)OC(C)(C)C)ccc1-c1cccc(COc2ccc(C=O)cc2)c1C. The molecule has 190 valence electrons. The summed E-state index contributed by atoms with van der Waals surface area (Å²) >= 11 is 0. The molecule has 3 rings (SSSR count). The zero-order valence-electron chi connectivity index (χ0n) is 21.7. The fraction of sp³-hybridized carbons (Fsp3) is 0.333. The van der Waals surface area contributed by atoms with Gasteiger partial charge in [-0.2, -0.15) is 0 Å². The number of hydrogen-bond donors (Lipinski definition) is 1. The van der Waals surface area contributed by atoms with E-state index >= 15 is 0 Å². The Labute approximate surface area is 213 Å². The van der Waals surface area contributed by atoms with Gasteiger partial charge in [-0.3, -0.25) is 4.79 Å². The van der Waals surface area contributed by atoms with Gasteiger partial charge < -0.3 is 19.5 Å². The number of rotatable bonds is 10. The Balaban J connectivity index is 1.57. The van der Waals surface area contributed by atoms with Crippen LogP contribution in [0, 0.1) is 13.8 Å². The van der Waals surface area contributed by atoms with E-state index < -0.39 is 11.7 Å². The fourth-order valence-electron chi connectivity index (χ4n) is 3.73. The molecule has 0 saturated heterocycles. The minimum Gasteiger partial charge on any atom is -0.494 e. The summed E-state index contributed by atoms with van der Waals surface area (Å²) < 4.78 is 17.1. The van der Waals surface area contributed by atoms with Crippen molar-refractivity contribution in [1.82, 2.24) is 5.32 Å².